The number of aliphatic hydroxyl groups excluding tert-OH is 1. The molecule has 2 fully saturated rings. The maximum Gasteiger partial charge on any atom is 0.143 e. The van der Waals surface area contributed by atoms with E-state index in [0.29, 0.717) is 12.3 Å². The highest BCUT2D eigenvalue weighted by molar-refractivity contribution is 5.89. The first kappa shape index (κ1) is 15.7. The first-order valence-electron chi connectivity index (χ1n) is 8.42. The van der Waals surface area contributed by atoms with Crippen LogP contribution in [0.4, 0.5) is 0 Å². The molecule has 2 aliphatic rings. The van der Waals surface area contributed by atoms with E-state index in [-0.39, 0.29) is 17.6 Å². The Kier molecular flexibility index (Phi) is 4.65. The van der Waals surface area contributed by atoms with Gasteiger partial charge in [0.15, 0.2) is 0 Å². The first-order chi connectivity index (χ1) is 10.6. The standard InChI is InChI=1S/C19H26O3/c1-12-4-3-5-13(2)17(12)18-16(20)11-15(19(18)21)10-14-6-8-22-9-7-14/h3-5,14-15,18-19,21H,6-11H2,1-2H3. The fourth-order valence-corrected chi connectivity index (χ4v) is 4.25. The van der Waals surface area contributed by atoms with Crippen molar-refractivity contribution in [2.24, 2.45) is 11.8 Å². The zero-order valence-electron chi connectivity index (χ0n) is 13.5. The Balaban J connectivity index is 1.78. The van der Waals surface area contributed by atoms with E-state index in [1.807, 2.05) is 32.0 Å². The Bertz CT molecular complexity index is 525. The Hall–Kier alpha value is -1.19. The number of hydrogen-bond acceptors (Lipinski definition) is 3. The number of rotatable bonds is 3. The van der Waals surface area contributed by atoms with Crippen molar-refractivity contribution in [3.8, 4) is 0 Å². The van der Waals surface area contributed by atoms with E-state index in [2.05, 4.69) is 0 Å². The van der Waals surface area contributed by atoms with E-state index in [1.54, 1.807) is 0 Å². The maximum absolute atomic E-state index is 12.6. The fourth-order valence-electron chi connectivity index (χ4n) is 4.25. The Morgan fingerprint density at radius 3 is 2.45 bits per heavy atom. The zero-order chi connectivity index (χ0) is 15.7. The predicted octanol–water partition coefficient (Wildman–Crippen LogP) is 3.15. The minimum Gasteiger partial charge on any atom is -0.392 e. The van der Waals surface area contributed by atoms with Crippen molar-refractivity contribution in [1.29, 1.82) is 0 Å². The molecule has 0 radical (unpaired) electrons. The first-order valence-corrected chi connectivity index (χ1v) is 8.42. The molecule has 3 rings (SSSR count). The number of aryl methyl sites for hydroxylation is 2. The number of Topliss-reactive ketones (excluding diaryl/α,β-unsaturated/α-hetero) is 1. The summed E-state index contributed by atoms with van der Waals surface area (Å²) in [7, 11) is 0. The Morgan fingerprint density at radius 2 is 1.82 bits per heavy atom. The molecule has 3 nitrogen and oxygen atoms in total. The summed E-state index contributed by atoms with van der Waals surface area (Å²) in [5, 5.41) is 10.8. The van der Waals surface area contributed by atoms with E-state index >= 15 is 0 Å². The second-order valence-corrected chi connectivity index (χ2v) is 7.00. The number of aliphatic hydroxyl groups is 1. The minimum atomic E-state index is -0.532. The van der Waals surface area contributed by atoms with Crippen molar-refractivity contribution in [1.82, 2.24) is 0 Å². The van der Waals surface area contributed by atoms with Crippen LogP contribution >= 0.6 is 0 Å². The molecule has 0 spiro atoms. The van der Waals surface area contributed by atoms with Crippen LogP contribution in [0.15, 0.2) is 18.2 Å². The van der Waals surface area contributed by atoms with Crippen molar-refractivity contribution in [3.05, 3.63) is 34.9 Å². The molecule has 0 amide bonds. The van der Waals surface area contributed by atoms with Gasteiger partial charge in [0.1, 0.15) is 5.78 Å². The molecule has 120 valence electrons. The molecule has 0 aromatic heterocycles. The van der Waals surface area contributed by atoms with Crippen molar-refractivity contribution in [2.75, 3.05) is 13.2 Å². The largest absolute Gasteiger partial charge is 0.392 e. The molecule has 1 aromatic carbocycles. The van der Waals surface area contributed by atoms with Gasteiger partial charge in [-0.2, -0.15) is 0 Å². The highest BCUT2D eigenvalue weighted by Crippen LogP contribution is 2.42. The van der Waals surface area contributed by atoms with Crippen LogP contribution in [0.3, 0.4) is 0 Å². The van der Waals surface area contributed by atoms with Gasteiger partial charge in [0.2, 0.25) is 0 Å². The average molecular weight is 302 g/mol. The van der Waals surface area contributed by atoms with Gasteiger partial charge in [-0.15, -0.1) is 0 Å². The zero-order valence-corrected chi connectivity index (χ0v) is 13.5. The Labute approximate surface area is 132 Å². The van der Waals surface area contributed by atoms with Gasteiger partial charge in [-0.25, -0.2) is 0 Å². The number of benzene rings is 1. The molecule has 1 saturated carbocycles. The van der Waals surface area contributed by atoms with E-state index < -0.39 is 6.10 Å². The lowest BCUT2D eigenvalue weighted by molar-refractivity contribution is -0.119. The lowest BCUT2D eigenvalue weighted by atomic mass is 9.83. The van der Waals surface area contributed by atoms with Gasteiger partial charge < -0.3 is 9.84 Å². The molecule has 3 unspecified atom stereocenters. The van der Waals surface area contributed by atoms with Crippen LogP contribution in [0.5, 0.6) is 0 Å². The normalized spacial score (nSPS) is 30.0. The van der Waals surface area contributed by atoms with Crippen LogP contribution in [0, 0.1) is 25.7 Å². The molecular formula is C19H26O3. The van der Waals surface area contributed by atoms with Gasteiger partial charge in [-0.1, -0.05) is 18.2 Å². The van der Waals surface area contributed by atoms with Gasteiger partial charge in [-0.3, -0.25) is 4.79 Å². The smallest absolute Gasteiger partial charge is 0.143 e. The van der Waals surface area contributed by atoms with Crippen LogP contribution in [-0.2, 0) is 9.53 Å². The van der Waals surface area contributed by atoms with Crippen LogP contribution in [-0.4, -0.2) is 30.2 Å². The SMILES string of the molecule is Cc1cccc(C)c1C1C(=O)CC(CC2CCOCC2)C1O. The van der Waals surface area contributed by atoms with E-state index in [9.17, 15) is 9.90 Å². The number of ketones is 1. The summed E-state index contributed by atoms with van der Waals surface area (Å²) >= 11 is 0. The van der Waals surface area contributed by atoms with Crippen LogP contribution < -0.4 is 0 Å². The molecule has 1 saturated heterocycles. The summed E-state index contributed by atoms with van der Waals surface area (Å²) in [6.07, 6.45) is 3.07. The highest BCUT2D eigenvalue weighted by Gasteiger charge is 2.43. The van der Waals surface area contributed by atoms with Gasteiger partial charge in [0.25, 0.3) is 0 Å². The topological polar surface area (TPSA) is 46.5 Å². The Morgan fingerprint density at radius 1 is 1.18 bits per heavy atom. The number of carbonyl (C=O) groups is 1. The van der Waals surface area contributed by atoms with Gasteiger partial charge in [0, 0.05) is 19.6 Å². The lowest BCUT2D eigenvalue weighted by Crippen LogP contribution is -2.26. The molecule has 0 bridgehead atoms. The maximum atomic E-state index is 12.6. The van der Waals surface area contributed by atoms with Crippen LogP contribution in [0.1, 0.15) is 48.3 Å². The highest BCUT2D eigenvalue weighted by atomic mass is 16.5. The molecule has 1 aliphatic heterocycles. The number of hydrogen-bond donors (Lipinski definition) is 1. The molecule has 1 N–H and O–H groups in total. The lowest BCUT2D eigenvalue weighted by Gasteiger charge is -2.27. The van der Waals surface area contributed by atoms with Gasteiger partial charge in [-0.05, 0) is 61.6 Å². The molecule has 1 aliphatic carbocycles. The quantitative estimate of drug-likeness (QED) is 0.933. The van der Waals surface area contributed by atoms with E-state index in [0.717, 1.165) is 49.2 Å². The van der Waals surface area contributed by atoms with Crippen LogP contribution in [0.2, 0.25) is 0 Å². The molecular weight excluding hydrogens is 276 g/mol. The number of ether oxygens (including phenoxy) is 1. The second-order valence-electron chi connectivity index (χ2n) is 7.00. The number of carbonyl (C=O) groups excluding carboxylic acids is 1. The third-order valence-electron chi connectivity index (χ3n) is 5.46. The van der Waals surface area contributed by atoms with Crippen molar-refractivity contribution >= 4 is 5.78 Å². The molecule has 1 heterocycles. The van der Waals surface area contributed by atoms with Crippen molar-refractivity contribution < 1.29 is 14.6 Å². The van der Waals surface area contributed by atoms with Crippen molar-refractivity contribution in [2.45, 2.75) is 51.6 Å². The van der Waals surface area contributed by atoms with Gasteiger partial charge >= 0.3 is 0 Å². The summed E-state index contributed by atoms with van der Waals surface area (Å²) in [5.41, 5.74) is 3.28. The summed E-state index contributed by atoms with van der Waals surface area (Å²) in [4.78, 5) is 12.6. The van der Waals surface area contributed by atoms with E-state index in [1.165, 1.54) is 0 Å². The summed E-state index contributed by atoms with van der Waals surface area (Å²) in [6, 6.07) is 6.09. The van der Waals surface area contributed by atoms with E-state index in [4.69, 9.17) is 4.74 Å². The van der Waals surface area contributed by atoms with Crippen LogP contribution in [0.25, 0.3) is 0 Å². The predicted molar refractivity (Wildman–Crippen MR) is 85.9 cm³/mol. The third kappa shape index (κ3) is 2.97. The monoisotopic (exact) mass is 302 g/mol. The summed E-state index contributed by atoms with van der Waals surface area (Å²) in [5.74, 6) is 0.588. The molecule has 22 heavy (non-hydrogen) atoms. The average Bonchev–Trinajstić information content (AvgIpc) is 2.76. The summed E-state index contributed by atoms with van der Waals surface area (Å²) < 4.78 is 5.40. The third-order valence-corrected chi connectivity index (χ3v) is 5.46. The minimum absolute atomic E-state index is 0.111. The summed E-state index contributed by atoms with van der Waals surface area (Å²) in [6.45, 7) is 5.71. The molecule has 3 heteroatoms. The molecule has 3 atom stereocenters. The van der Waals surface area contributed by atoms with Crippen molar-refractivity contribution in [3.63, 3.8) is 0 Å². The second kappa shape index (κ2) is 6.51. The van der Waals surface area contributed by atoms with Gasteiger partial charge in [0.05, 0.1) is 12.0 Å². The fraction of sp³-hybridized carbons (Fsp3) is 0.632. The molecule has 1 aromatic rings.